The fraction of sp³-hybridized carbons (Fsp3) is 0.923. The molecule has 1 saturated carbocycles. The highest BCUT2D eigenvalue weighted by Crippen LogP contribution is 2.37. The number of nitrogens with one attached hydrogen (secondary N) is 1. The summed E-state index contributed by atoms with van der Waals surface area (Å²) in [6, 6.07) is -0.288. The summed E-state index contributed by atoms with van der Waals surface area (Å²) < 4.78 is 38.0. The van der Waals surface area contributed by atoms with E-state index in [1.54, 1.807) is 6.92 Å². The average Bonchev–Trinajstić information content (AvgIpc) is 3.18. The molecule has 3 nitrogen and oxygen atoms in total. The van der Waals surface area contributed by atoms with Gasteiger partial charge >= 0.3 is 6.18 Å². The van der Waals surface area contributed by atoms with Crippen molar-refractivity contribution >= 4 is 5.91 Å². The third kappa shape index (κ3) is 4.09. The van der Waals surface area contributed by atoms with Crippen LogP contribution >= 0.6 is 0 Å². The fourth-order valence-electron chi connectivity index (χ4n) is 2.75. The summed E-state index contributed by atoms with van der Waals surface area (Å²) in [7, 11) is 0. The second kappa shape index (κ2) is 5.69. The Kier molecular flexibility index (Phi) is 4.38. The number of amides is 1. The van der Waals surface area contributed by atoms with Crippen molar-refractivity contribution < 1.29 is 18.0 Å². The molecule has 2 rings (SSSR count). The van der Waals surface area contributed by atoms with E-state index in [0.717, 1.165) is 17.7 Å². The van der Waals surface area contributed by atoms with Gasteiger partial charge in [0.25, 0.3) is 0 Å². The summed E-state index contributed by atoms with van der Waals surface area (Å²) in [4.78, 5) is 13.4. The highest BCUT2D eigenvalue weighted by Gasteiger charge is 2.42. The molecule has 2 fully saturated rings. The smallest absolute Gasteiger partial charge is 0.330 e. The molecule has 0 aromatic heterocycles. The highest BCUT2D eigenvalue weighted by atomic mass is 19.4. The molecule has 1 N–H and O–H groups in total. The van der Waals surface area contributed by atoms with E-state index in [1.165, 1.54) is 0 Å². The van der Waals surface area contributed by atoms with Crippen LogP contribution in [0.1, 0.15) is 32.6 Å². The van der Waals surface area contributed by atoms with Crippen molar-refractivity contribution in [1.82, 2.24) is 10.2 Å². The predicted octanol–water partition coefficient (Wildman–Crippen LogP) is 2.18. The maximum absolute atomic E-state index is 12.7. The minimum absolute atomic E-state index is 0.246. The van der Waals surface area contributed by atoms with Gasteiger partial charge in [-0.25, -0.2) is 0 Å². The van der Waals surface area contributed by atoms with Gasteiger partial charge in [0, 0.05) is 12.0 Å². The van der Waals surface area contributed by atoms with Crippen LogP contribution in [-0.4, -0.2) is 42.7 Å². The molecule has 6 heteroatoms. The third-order valence-corrected chi connectivity index (χ3v) is 4.12. The van der Waals surface area contributed by atoms with E-state index in [1.807, 2.05) is 0 Å². The lowest BCUT2D eigenvalue weighted by Gasteiger charge is -2.34. The Hall–Kier alpha value is -0.780. The van der Waals surface area contributed by atoms with Crippen LogP contribution in [0.15, 0.2) is 0 Å². The second-order valence-corrected chi connectivity index (χ2v) is 5.68. The first-order valence-electron chi connectivity index (χ1n) is 6.96. The maximum atomic E-state index is 12.7. The minimum atomic E-state index is -4.31. The van der Waals surface area contributed by atoms with Gasteiger partial charge in [0.15, 0.2) is 0 Å². The number of nitrogens with zero attached hydrogens (tertiary/aromatic N) is 1. The van der Waals surface area contributed by atoms with Crippen LogP contribution in [0.2, 0.25) is 0 Å². The largest absolute Gasteiger partial charge is 0.406 e. The van der Waals surface area contributed by atoms with Gasteiger partial charge in [0.1, 0.15) is 6.54 Å². The lowest BCUT2D eigenvalue weighted by molar-refractivity contribution is -0.169. The SMILES string of the molecule is CC(C1CC1)N(CC(F)(F)F)C(=O)C1CCNCC1. The topological polar surface area (TPSA) is 32.3 Å². The van der Waals surface area contributed by atoms with E-state index in [0.29, 0.717) is 25.9 Å². The molecule has 19 heavy (non-hydrogen) atoms. The zero-order valence-electron chi connectivity index (χ0n) is 11.2. The molecule has 0 aromatic carbocycles. The van der Waals surface area contributed by atoms with Crippen LogP contribution in [0, 0.1) is 11.8 Å². The van der Waals surface area contributed by atoms with Gasteiger partial charge in [-0.1, -0.05) is 0 Å². The molecule has 1 amide bonds. The second-order valence-electron chi connectivity index (χ2n) is 5.68. The molecule has 1 heterocycles. The Balaban J connectivity index is 2.04. The molecule has 1 aliphatic carbocycles. The quantitative estimate of drug-likeness (QED) is 0.855. The molecule has 0 spiro atoms. The Morgan fingerprint density at radius 3 is 2.32 bits per heavy atom. The van der Waals surface area contributed by atoms with Crippen LogP contribution in [0.25, 0.3) is 0 Å². The summed E-state index contributed by atoms with van der Waals surface area (Å²) in [6.45, 7) is 2.08. The predicted molar refractivity (Wildman–Crippen MR) is 65.5 cm³/mol. The molecule has 0 radical (unpaired) electrons. The van der Waals surface area contributed by atoms with E-state index in [9.17, 15) is 18.0 Å². The zero-order chi connectivity index (χ0) is 14.0. The number of halogens is 3. The van der Waals surface area contributed by atoms with Gasteiger partial charge in [-0.15, -0.1) is 0 Å². The van der Waals surface area contributed by atoms with Crippen molar-refractivity contribution in [2.75, 3.05) is 19.6 Å². The molecule has 0 bridgehead atoms. The molecular weight excluding hydrogens is 257 g/mol. The lowest BCUT2D eigenvalue weighted by atomic mass is 9.95. The third-order valence-electron chi connectivity index (χ3n) is 4.12. The van der Waals surface area contributed by atoms with E-state index in [-0.39, 0.29) is 23.8 Å². The van der Waals surface area contributed by atoms with Gasteiger partial charge in [0.2, 0.25) is 5.91 Å². The van der Waals surface area contributed by atoms with Gasteiger partial charge in [0.05, 0.1) is 0 Å². The maximum Gasteiger partial charge on any atom is 0.406 e. The number of carbonyl (C=O) groups is 1. The van der Waals surface area contributed by atoms with Crippen molar-refractivity contribution in [2.45, 2.75) is 44.8 Å². The average molecular weight is 278 g/mol. The van der Waals surface area contributed by atoms with Crippen LogP contribution in [0.3, 0.4) is 0 Å². The molecule has 1 saturated heterocycles. The van der Waals surface area contributed by atoms with Crippen molar-refractivity contribution in [3.63, 3.8) is 0 Å². The minimum Gasteiger partial charge on any atom is -0.330 e. The fourth-order valence-corrected chi connectivity index (χ4v) is 2.75. The molecule has 110 valence electrons. The van der Waals surface area contributed by atoms with Gasteiger partial charge < -0.3 is 10.2 Å². The number of carbonyl (C=O) groups excluding carboxylic acids is 1. The lowest BCUT2D eigenvalue weighted by Crippen LogP contribution is -2.49. The van der Waals surface area contributed by atoms with Crippen LogP contribution in [0.5, 0.6) is 0 Å². The summed E-state index contributed by atoms with van der Waals surface area (Å²) in [6.07, 6.45) is -1.15. The van der Waals surface area contributed by atoms with Gasteiger partial charge in [-0.2, -0.15) is 13.2 Å². The highest BCUT2D eigenvalue weighted by molar-refractivity contribution is 5.79. The Morgan fingerprint density at radius 1 is 1.26 bits per heavy atom. The molecule has 1 aliphatic heterocycles. The number of hydrogen-bond donors (Lipinski definition) is 1. The van der Waals surface area contributed by atoms with Crippen LogP contribution < -0.4 is 5.32 Å². The van der Waals surface area contributed by atoms with Crippen molar-refractivity contribution in [3.05, 3.63) is 0 Å². The summed E-state index contributed by atoms with van der Waals surface area (Å²) in [5.74, 6) is -0.295. The van der Waals surface area contributed by atoms with Gasteiger partial charge in [-0.05, 0) is 51.6 Å². The standard InChI is InChI=1S/C13H21F3N2O/c1-9(10-2-3-10)18(8-13(14,15)16)12(19)11-4-6-17-7-5-11/h9-11,17H,2-8H2,1H3. The Bertz CT molecular complexity index is 322. The number of piperidine rings is 1. The monoisotopic (exact) mass is 278 g/mol. The molecule has 2 aliphatic rings. The van der Waals surface area contributed by atoms with Crippen LogP contribution in [-0.2, 0) is 4.79 Å². The normalized spacial score (nSPS) is 23.2. The first kappa shape index (κ1) is 14.6. The van der Waals surface area contributed by atoms with Crippen molar-refractivity contribution in [2.24, 2.45) is 11.8 Å². The van der Waals surface area contributed by atoms with E-state index in [4.69, 9.17) is 0 Å². The first-order chi connectivity index (χ1) is 8.88. The van der Waals surface area contributed by atoms with E-state index in [2.05, 4.69) is 5.32 Å². The first-order valence-corrected chi connectivity index (χ1v) is 6.96. The van der Waals surface area contributed by atoms with Crippen LogP contribution in [0.4, 0.5) is 13.2 Å². The number of hydrogen-bond acceptors (Lipinski definition) is 2. The molecule has 1 unspecified atom stereocenters. The summed E-state index contributed by atoms with van der Waals surface area (Å²) in [5.41, 5.74) is 0. The van der Waals surface area contributed by atoms with Gasteiger partial charge in [-0.3, -0.25) is 4.79 Å². The van der Waals surface area contributed by atoms with E-state index >= 15 is 0 Å². The summed E-state index contributed by atoms with van der Waals surface area (Å²) in [5, 5.41) is 3.13. The Labute approximate surface area is 111 Å². The summed E-state index contributed by atoms with van der Waals surface area (Å²) >= 11 is 0. The number of rotatable bonds is 4. The molecule has 1 atom stereocenters. The molecular formula is C13H21F3N2O. The molecule has 0 aromatic rings. The van der Waals surface area contributed by atoms with Crippen molar-refractivity contribution in [3.8, 4) is 0 Å². The van der Waals surface area contributed by atoms with E-state index < -0.39 is 12.7 Å². The zero-order valence-corrected chi connectivity index (χ0v) is 11.2. The number of alkyl halides is 3. The van der Waals surface area contributed by atoms with Crippen molar-refractivity contribution in [1.29, 1.82) is 0 Å². The Morgan fingerprint density at radius 2 is 1.84 bits per heavy atom.